The zero-order chi connectivity index (χ0) is 21.1. The molecule has 2 aromatic rings. The first-order valence-electron chi connectivity index (χ1n) is 10.7. The quantitative estimate of drug-likeness (QED) is 0.439. The molecular weight excluding hydrogens is 380 g/mol. The highest BCUT2D eigenvalue weighted by molar-refractivity contribution is 6.02. The van der Waals surface area contributed by atoms with Crippen LogP contribution in [-0.2, 0) is 17.6 Å². The van der Waals surface area contributed by atoms with Gasteiger partial charge in [-0.25, -0.2) is 0 Å². The highest BCUT2D eigenvalue weighted by Crippen LogP contribution is 2.37. The summed E-state index contributed by atoms with van der Waals surface area (Å²) in [5.41, 5.74) is 4.77. The zero-order valence-corrected chi connectivity index (χ0v) is 17.1. The van der Waals surface area contributed by atoms with E-state index >= 15 is 0 Å². The molecule has 1 unspecified atom stereocenters. The van der Waals surface area contributed by atoms with Crippen molar-refractivity contribution in [2.75, 3.05) is 24.5 Å². The Balaban J connectivity index is 1.22. The van der Waals surface area contributed by atoms with Gasteiger partial charge in [-0.3, -0.25) is 9.59 Å². The molecule has 0 saturated carbocycles. The fourth-order valence-electron chi connectivity index (χ4n) is 4.39. The van der Waals surface area contributed by atoms with Gasteiger partial charge in [0.25, 0.3) is 0 Å². The molecule has 1 atom stereocenters. The van der Waals surface area contributed by atoms with Crippen molar-refractivity contribution in [3.8, 4) is 5.75 Å². The van der Waals surface area contributed by atoms with E-state index in [-0.39, 0.29) is 17.4 Å². The number of aromatic hydroxyl groups is 1. The number of nitrogens with zero attached hydrogens (tertiary/aromatic N) is 1. The fourth-order valence-corrected chi connectivity index (χ4v) is 4.39. The minimum absolute atomic E-state index is 0.144. The number of carbonyl (C=O) groups excluding carboxylic acids is 2. The summed E-state index contributed by atoms with van der Waals surface area (Å²) in [5, 5.41) is 22.8. The Morgan fingerprint density at radius 1 is 1.10 bits per heavy atom. The number of Topliss-reactive ketones (excluding diaryl/α,β-unsaturated/α-hetero) is 1. The van der Waals surface area contributed by atoms with Crippen molar-refractivity contribution in [3.05, 3.63) is 58.7 Å². The number of carbonyl (C=O) groups is 2. The van der Waals surface area contributed by atoms with Gasteiger partial charge in [-0.1, -0.05) is 12.1 Å². The lowest BCUT2D eigenvalue weighted by Crippen LogP contribution is -2.32. The van der Waals surface area contributed by atoms with Gasteiger partial charge in [0.1, 0.15) is 5.75 Å². The van der Waals surface area contributed by atoms with Crippen LogP contribution in [0.5, 0.6) is 5.75 Å². The monoisotopic (exact) mass is 408 g/mol. The lowest BCUT2D eigenvalue weighted by molar-refractivity contribution is -0.118. The molecule has 0 aliphatic carbocycles. The van der Waals surface area contributed by atoms with Crippen LogP contribution in [0.3, 0.4) is 0 Å². The zero-order valence-electron chi connectivity index (χ0n) is 17.1. The molecule has 30 heavy (non-hydrogen) atoms. The van der Waals surface area contributed by atoms with Crippen molar-refractivity contribution in [1.29, 1.82) is 0 Å². The number of phenols is 1. The maximum atomic E-state index is 12.7. The van der Waals surface area contributed by atoms with Crippen LogP contribution in [0.25, 0.3) is 0 Å². The summed E-state index contributed by atoms with van der Waals surface area (Å²) in [6, 6.07) is 10.6. The topological polar surface area (TPSA) is 89.9 Å². The van der Waals surface area contributed by atoms with E-state index in [1.54, 1.807) is 24.3 Å². The van der Waals surface area contributed by atoms with Crippen molar-refractivity contribution in [2.24, 2.45) is 0 Å². The molecule has 2 aromatic carbocycles. The number of aliphatic hydroxyl groups excluding tert-OH is 1. The van der Waals surface area contributed by atoms with Crippen LogP contribution in [0.15, 0.2) is 36.4 Å². The van der Waals surface area contributed by atoms with Gasteiger partial charge in [-0.05, 0) is 73.2 Å². The Labute approximate surface area is 176 Å². The maximum absolute atomic E-state index is 12.7. The predicted molar refractivity (Wildman–Crippen MR) is 115 cm³/mol. The Hall–Kier alpha value is -2.70. The average molecular weight is 408 g/mol. The number of rotatable bonds is 9. The summed E-state index contributed by atoms with van der Waals surface area (Å²) in [5.74, 6) is 0.497. The first kappa shape index (κ1) is 20.6. The van der Waals surface area contributed by atoms with Crippen LogP contribution in [0, 0.1) is 0 Å². The molecule has 0 aromatic heterocycles. The molecule has 3 N–H and O–H groups in total. The third-order valence-corrected chi connectivity index (χ3v) is 5.97. The molecule has 0 bridgehead atoms. The van der Waals surface area contributed by atoms with E-state index in [4.69, 9.17) is 0 Å². The van der Waals surface area contributed by atoms with Crippen molar-refractivity contribution >= 4 is 17.4 Å². The van der Waals surface area contributed by atoms with Crippen molar-refractivity contribution < 1.29 is 19.8 Å². The summed E-state index contributed by atoms with van der Waals surface area (Å²) in [7, 11) is 0. The van der Waals surface area contributed by atoms with E-state index in [2.05, 4.69) is 5.32 Å². The largest absolute Gasteiger partial charge is 0.508 e. The molecule has 1 amide bonds. The van der Waals surface area contributed by atoms with Crippen LogP contribution >= 0.6 is 0 Å². The first-order valence-corrected chi connectivity index (χ1v) is 10.7. The standard InChI is InChI=1S/C24H28N2O4/c27-20-5-3-4-16(14-20)22(29)15-25-10-2-1-6-21(28)19-12-17-7-8-23(30)26-11-9-18(13-19)24(17)26/h3-5,12-14,22,25,27,29H,1-2,6-11,15H2. The van der Waals surface area contributed by atoms with E-state index in [1.807, 2.05) is 17.0 Å². The Morgan fingerprint density at radius 3 is 2.70 bits per heavy atom. The molecule has 0 fully saturated rings. The van der Waals surface area contributed by atoms with E-state index in [1.165, 1.54) is 0 Å². The molecule has 4 rings (SSSR count). The van der Waals surface area contributed by atoms with Gasteiger partial charge in [0, 0.05) is 31.5 Å². The number of phenolic OH excluding ortho intramolecular Hbond substituents is 1. The summed E-state index contributed by atoms with van der Waals surface area (Å²) >= 11 is 0. The number of unbranched alkanes of at least 4 members (excludes halogenated alkanes) is 1. The van der Waals surface area contributed by atoms with Crippen LogP contribution in [0.4, 0.5) is 5.69 Å². The minimum Gasteiger partial charge on any atom is -0.508 e. The second-order valence-electron chi connectivity index (χ2n) is 8.13. The van der Waals surface area contributed by atoms with Gasteiger partial charge in [0.05, 0.1) is 11.8 Å². The number of ketones is 1. The Kier molecular flexibility index (Phi) is 6.16. The minimum atomic E-state index is -0.673. The molecule has 0 saturated heterocycles. The number of hydrogen-bond donors (Lipinski definition) is 3. The van der Waals surface area contributed by atoms with Gasteiger partial charge in [0.2, 0.25) is 5.91 Å². The SMILES string of the molecule is O=C(CCCCNCC(O)c1cccc(O)c1)c1cc2c3c(c1)CCN3C(=O)CC2. The molecule has 0 radical (unpaired) electrons. The number of aryl methyl sites for hydroxylation is 1. The average Bonchev–Trinajstić information content (AvgIpc) is 3.18. The molecule has 0 spiro atoms. The predicted octanol–water partition coefficient (Wildman–Crippen LogP) is 2.90. The van der Waals surface area contributed by atoms with E-state index in [0.717, 1.165) is 61.2 Å². The molecule has 2 aliphatic rings. The van der Waals surface area contributed by atoms with Gasteiger partial charge < -0.3 is 20.4 Å². The van der Waals surface area contributed by atoms with Gasteiger partial charge in [-0.2, -0.15) is 0 Å². The second-order valence-corrected chi connectivity index (χ2v) is 8.13. The lowest BCUT2D eigenvalue weighted by Gasteiger charge is -2.25. The number of benzene rings is 2. The molecule has 2 aliphatic heterocycles. The molecule has 2 heterocycles. The Morgan fingerprint density at radius 2 is 1.90 bits per heavy atom. The third kappa shape index (κ3) is 4.40. The van der Waals surface area contributed by atoms with Crippen LogP contribution < -0.4 is 10.2 Å². The number of nitrogens with one attached hydrogen (secondary N) is 1. The lowest BCUT2D eigenvalue weighted by atomic mass is 9.94. The summed E-state index contributed by atoms with van der Waals surface area (Å²) in [6.07, 6.45) is 3.55. The fraction of sp³-hybridized carbons (Fsp3) is 0.417. The highest BCUT2D eigenvalue weighted by atomic mass is 16.3. The molecule has 6 nitrogen and oxygen atoms in total. The van der Waals surface area contributed by atoms with E-state index in [0.29, 0.717) is 24.9 Å². The number of hydrogen-bond acceptors (Lipinski definition) is 5. The second kappa shape index (κ2) is 8.98. The first-order chi connectivity index (χ1) is 14.5. The maximum Gasteiger partial charge on any atom is 0.227 e. The Bertz CT molecular complexity index is 956. The third-order valence-electron chi connectivity index (χ3n) is 5.97. The van der Waals surface area contributed by atoms with E-state index in [9.17, 15) is 19.8 Å². The van der Waals surface area contributed by atoms with Gasteiger partial charge >= 0.3 is 0 Å². The van der Waals surface area contributed by atoms with Gasteiger partial charge in [-0.15, -0.1) is 0 Å². The van der Waals surface area contributed by atoms with E-state index < -0.39 is 6.10 Å². The normalized spacial score (nSPS) is 15.9. The summed E-state index contributed by atoms with van der Waals surface area (Å²) < 4.78 is 0. The summed E-state index contributed by atoms with van der Waals surface area (Å²) in [4.78, 5) is 26.6. The summed E-state index contributed by atoms with van der Waals surface area (Å²) in [6.45, 7) is 1.86. The van der Waals surface area contributed by atoms with Crippen LogP contribution in [0.1, 0.15) is 58.8 Å². The van der Waals surface area contributed by atoms with Gasteiger partial charge in [0.15, 0.2) is 5.78 Å². The van der Waals surface area contributed by atoms with Crippen molar-refractivity contribution in [2.45, 2.75) is 44.6 Å². The number of amides is 1. The highest BCUT2D eigenvalue weighted by Gasteiger charge is 2.31. The molecular formula is C24H28N2O4. The van der Waals surface area contributed by atoms with Crippen molar-refractivity contribution in [1.82, 2.24) is 5.32 Å². The van der Waals surface area contributed by atoms with Crippen LogP contribution in [0.2, 0.25) is 0 Å². The number of aliphatic hydroxyl groups is 1. The molecule has 158 valence electrons. The van der Waals surface area contributed by atoms with Crippen LogP contribution in [-0.4, -0.2) is 41.5 Å². The molecule has 6 heteroatoms. The number of anilines is 1. The smallest absolute Gasteiger partial charge is 0.227 e. The van der Waals surface area contributed by atoms with Crippen molar-refractivity contribution in [3.63, 3.8) is 0 Å².